The van der Waals surface area contributed by atoms with E-state index in [4.69, 9.17) is 9.47 Å². The fourth-order valence-corrected chi connectivity index (χ4v) is 2.39. The van der Waals surface area contributed by atoms with Crippen molar-refractivity contribution in [1.29, 1.82) is 0 Å². The van der Waals surface area contributed by atoms with E-state index in [1.54, 1.807) is 37.3 Å². The molecule has 1 atom stereocenters. The van der Waals surface area contributed by atoms with E-state index in [-0.39, 0.29) is 18.6 Å². The third-order valence-corrected chi connectivity index (χ3v) is 3.45. The first kappa shape index (κ1) is 13.7. The van der Waals surface area contributed by atoms with E-state index in [0.29, 0.717) is 23.6 Å². The first-order valence-corrected chi connectivity index (χ1v) is 6.34. The molecule has 1 heterocycles. The van der Waals surface area contributed by atoms with Gasteiger partial charge in [-0.2, -0.15) is 0 Å². The highest BCUT2D eigenvalue weighted by Gasteiger charge is 2.29. The highest BCUT2D eigenvalue weighted by Crippen LogP contribution is 2.26. The van der Waals surface area contributed by atoms with Crippen LogP contribution in [-0.4, -0.2) is 49.3 Å². The number of likely N-dealkylation sites (tertiary alicyclic amines) is 1. The standard InChI is InChI=1S/C14H19NO4/c1-18-12-6-10(7-13(8-12)19-2)14(17)15-5-3-4-11(15)9-16/h6-8,11,16H,3-5,9H2,1-2H3/t11-/m0/s1. The molecule has 1 aromatic rings. The van der Waals surface area contributed by atoms with Crippen molar-refractivity contribution in [3.8, 4) is 11.5 Å². The van der Waals surface area contributed by atoms with E-state index in [0.717, 1.165) is 12.8 Å². The van der Waals surface area contributed by atoms with Gasteiger partial charge in [-0.3, -0.25) is 4.79 Å². The summed E-state index contributed by atoms with van der Waals surface area (Å²) in [5.74, 6) is 1.08. The summed E-state index contributed by atoms with van der Waals surface area (Å²) < 4.78 is 10.3. The number of amides is 1. The second-order valence-electron chi connectivity index (χ2n) is 4.58. The Labute approximate surface area is 112 Å². The summed E-state index contributed by atoms with van der Waals surface area (Å²) in [7, 11) is 3.10. The number of ether oxygens (including phenoxy) is 2. The number of carbonyl (C=O) groups is 1. The van der Waals surface area contributed by atoms with E-state index >= 15 is 0 Å². The van der Waals surface area contributed by atoms with Crippen LogP contribution in [0.15, 0.2) is 18.2 Å². The van der Waals surface area contributed by atoms with Crippen LogP contribution in [-0.2, 0) is 0 Å². The molecule has 0 radical (unpaired) electrons. The molecule has 1 N–H and O–H groups in total. The third-order valence-electron chi connectivity index (χ3n) is 3.45. The molecule has 1 aliphatic heterocycles. The van der Waals surface area contributed by atoms with Crippen molar-refractivity contribution in [2.75, 3.05) is 27.4 Å². The van der Waals surface area contributed by atoms with Crippen molar-refractivity contribution in [3.63, 3.8) is 0 Å². The first-order chi connectivity index (χ1) is 9.19. The van der Waals surface area contributed by atoms with Gasteiger partial charge in [0, 0.05) is 18.2 Å². The molecule has 1 amide bonds. The number of rotatable bonds is 4. The lowest BCUT2D eigenvalue weighted by Crippen LogP contribution is -2.37. The number of methoxy groups -OCH3 is 2. The second-order valence-corrected chi connectivity index (χ2v) is 4.58. The Morgan fingerprint density at radius 2 is 1.95 bits per heavy atom. The predicted molar refractivity (Wildman–Crippen MR) is 70.7 cm³/mol. The molecule has 5 heteroatoms. The van der Waals surface area contributed by atoms with E-state index in [1.807, 2.05) is 0 Å². The highest BCUT2D eigenvalue weighted by atomic mass is 16.5. The zero-order valence-corrected chi connectivity index (χ0v) is 11.3. The van der Waals surface area contributed by atoms with Crippen LogP contribution in [0.5, 0.6) is 11.5 Å². The Bertz CT molecular complexity index is 439. The molecule has 0 aliphatic carbocycles. The maximum absolute atomic E-state index is 12.5. The van der Waals surface area contributed by atoms with E-state index in [1.165, 1.54) is 0 Å². The molecule has 1 saturated heterocycles. The lowest BCUT2D eigenvalue weighted by molar-refractivity contribution is 0.0677. The molecular formula is C14H19NO4. The number of nitrogens with zero attached hydrogens (tertiary/aromatic N) is 1. The number of benzene rings is 1. The van der Waals surface area contributed by atoms with Gasteiger partial charge in [0.25, 0.3) is 5.91 Å². The van der Waals surface area contributed by atoms with Crippen molar-refractivity contribution in [3.05, 3.63) is 23.8 Å². The molecule has 0 spiro atoms. The third kappa shape index (κ3) is 2.81. The summed E-state index contributed by atoms with van der Waals surface area (Å²) in [6.07, 6.45) is 1.78. The maximum Gasteiger partial charge on any atom is 0.254 e. The molecule has 0 bridgehead atoms. The summed E-state index contributed by atoms with van der Waals surface area (Å²) in [6.45, 7) is 0.691. The second kappa shape index (κ2) is 5.93. The van der Waals surface area contributed by atoms with Gasteiger partial charge >= 0.3 is 0 Å². The number of carbonyl (C=O) groups excluding carboxylic acids is 1. The van der Waals surface area contributed by atoms with E-state index in [9.17, 15) is 9.90 Å². The molecule has 0 saturated carbocycles. The molecule has 1 aromatic carbocycles. The first-order valence-electron chi connectivity index (χ1n) is 6.34. The Kier molecular flexibility index (Phi) is 4.27. The van der Waals surface area contributed by atoms with Crippen molar-refractivity contribution in [2.24, 2.45) is 0 Å². The van der Waals surface area contributed by atoms with Gasteiger partial charge in [-0.1, -0.05) is 0 Å². The summed E-state index contributed by atoms with van der Waals surface area (Å²) in [5.41, 5.74) is 0.525. The van der Waals surface area contributed by atoms with Crippen LogP contribution < -0.4 is 9.47 Å². The number of hydrogen-bond acceptors (Lipinski definition) is 4. The van der Waals surface area contributed by atoms with Crippen molar-refractivity contribution >= 4 is 5.91 Å². The van der Waals surface area contributed by atoms with Gasteiger partial charge in [-0.15, -0.1) is 0 Å². The topological polar surface area (TPSA) is 59.0 Å². The monoisotopic (exact) mass is 265 g/mol. The van der Waals surface area contributed by atoms with Crippen molar-refractivity contribution < 1.29 is 19.4 Å². The number of aliphatic hydroxyl groups is 1. The molecule has 0 unspecified atom stereocenters. The fraction of sp³-hybridized carbons (Fsp3) is 0.500. The minimum Gasteiger partial charge on any atom is -0.497 e. The van der Waals surface area contributed by atoms with Gasteiger partial charge in [0.05, 0.1) is 26.9 Å². The van der Waals surface area contributed by atoms with Crippen LogP contribution in [0.1, 0.15) is 23.2 Å². The van der Waals surface area contributed by atoms with Crippen LogP contribution in [0.3, 0.4) is 0 Å². The normalized spacial score (nSPS) is 18.5. The molecule has 1 aliphatic rings. The van der Waals surface area contributed by atoms with Gasteiger partial charge in [-0.05, 0) is 25.0 Å². The Hall–Kier alpha value is -1.75. The average molecular weight is 265 g/mol. The summed E-state index contributed by atoms with van der Waals surface area (Å²) >= 11 is 0. The molecule has 0 aromatic heterocycles. The quantitative estimate of drug-likeness (QED) is 0.891. The zero-order valence-electron chi connectivity index (χ0n) is 11.3. The molecule has 2 rings (SSSR count). The highest BCUT2D eigenvalue weighted by molar-refractivity contribution is 5.95. The average Bonchev–Trinajstić information content (AvgIpc) is 2.94. The number of hydrogen-bond donors (Lipinski definition) is 1. The molecule has 5 nitrogen and oxygen atoms in total. The Morgan fingerprint density at radius 1 is 1.32 bits per heavy atom. The summed E-state index contributed by atoms with van der Waals surface area (Å²) in [4.78, 5) is 14.2. The lowest BCUT2D eigenvalue weighted by Gasteiger charge is -2.23. The minimum absolute atomic E-state index is 0.00679. The van der Waals surface area contributed by atoms with Crippen LogP contribution >= 0.6 is 0 Å². The van der Waals surface area contributed by atoms with Crippen LogP contribution in [0, 0.1) is 0 Å². The SMILES string of the molecule is COc1cc(OC)cc(C(=O)N2CCC[C@H]2CO)c1. The minimum atomic E-state index is -0.0891. The number of aliphatic hydroxyl groups excluding tert-OH is 1. The van der Waals surface area contributed by atoms with Crippen LogP contribution in [0.4, 0.5) is 0 Å². The lowest BCUT2D eigenvalue weighted by atomic mass is 10.1. The van der Waals surface area contributed by atoms with Crippen LogP contribution in [0.2, 0.25) is 0 Å². The zero-order chi connectivity index (χ0) is 13.8. The van der Waals surface area contributed by atoms with Crippen molar-refractivity contribution in [1.82, 2.24) is 4.90 Å². The van der Waals surface area contributed by atoms with Gasteiger partial charge in [0.1, 0.15) is 11.5 Å². The van der Waals surface area contributed by atoms with E-state index < -0.39 is 0 Å². The fourth-order valence-electron chi connectivity index (χ4n) is 2.39. The van der Waals surface area contributed by atoms with Gasteiger partial charge < -0.3 is 19.5 Å². The predicted octanol–water partition coefficient (Wildman–Crippen LogP) is 1.30. The molecule has 19 heavy (non-hydrogen) atoms. The van der Waals surface area contributed by atoms with Crippen LogP contribution in [0.25, 0.3) is 0 Å². The van der Waals surface area contributed by atoms with Gasteiger partial charge in [0.15, 0.2) is 0 Å². The largest absolute Gasteiger partial charge is 0.497 e. The smallest absolute Gasteiger partial charge is 0.254 e. The summed E-state index contributed by atoms with van der Waals surface area (Å²) in [6, 6.07) is 5.03. The molecule has 1 fully saturated rings. The van der Waals surface area contributed by atoms with Crippen molar-refractivity contribution in [2.45, 2.75) is 18.9 Å². The molecule has 104 valence electrons. The van der Waals surface area contributed by atoms with E-state index in [2.05, 4.69) is 0 Å². The maximum atomic E-state index is 12.5. The van der Waals surface area contributed by atoms with Gasteiger partial charge in [0.2, 0.25) is 0 Å². The Balaban J connectivity index is 2.27. The summed E-state index contributed by atoms with van der Waals surface area (Å²) in [5, 5.41) is 9.29. The Morgan fingerprint density at radius 3 is 2.47 bits per heavy atom. The molecular weight excluding hydrogens is 246 g/mol. The van der Waals surface area contributed by atoms with Gasteiger partial charge in [-0.25, -0.2) is 0 Å².